The first kappa shape index (κ1) is 13.7. The van der Waals surface area contributed by atoms with E-state index in [1.54, 1.807) is 0 Å². The zero-order valence-electron chi connectivity index (χ0n) is 9.33. The molecule has 15 heavy (non-hydrogen) atoms. The maximum Gasteiger partial charge on any atom is 0.220 e. The van der Waals surface area contributed by atoms with Gasteiger partial charge in [0.25, 0.3) is 0 Å². The lowest BCUT2D eigenvalue weighted by molar-refractivity contribution is -0.121. The first-order valence-electron chi connectivity index (χ1n) is 5.43. The van der Waals surface area contributed by atoms with E-state index in [1.807, 2.05) is 0 Å². The number of nitrogens with zero attached hydrogens (tertiary/aromatic N) is 1. The monoisotopic (exact) mass is 215 g/mol. The average Bonchev–Trinajstić information content (AvgIpc) is 2.24. The third-order valence-corrected chi connectivity index (χ3v) is 2.09. The lowest BCUT2D eigenvalue weighted by atomic mass is 10.1. The maximum absolute atomic E-state index is 11.2. The van der Waals surface area contributed by atoms with E-state index in [9.17, 15) is 4.79 Å². The molecule has 0 aromatic heterocycles. The van der Waals surface area contributed by atoms with Crippen LogP contribution in [0.15, 0.2) is 5.16 Å². The van der Waals surface area contributed by atoms with Crippen LogP contribution in [-0.2, 0) is 4.79 Å². The van der Waals surface area contributed by atoms with Gasteiger partial charge in [0.05, 0.1) is 0 Å². The van der Waals surface area contributed by atoms with Gasteiger partial charge in [-0.05, 0) is 6.42 Å². The Hall–Kier alpha value is -1.26. The number of nitrogens with one attached hydrogen (secondary N) is 1. The van der Waals surface area contributed by atoms with Crippen LogP contribution in [0.2, 0.25) is 0 Å². The lowest BCUT2D eigenvalue weighted by Crippen LogP contribution is -2.27. The molecule has 0 bridgehead atoms. The third-order valence-electron chi connectivity index (χ3n) is 2.09. The van der Waals surface area contributed by atoms with Crippen molar-refractivity contribution in [1.29, 1.82) is 0 Å². The summed E-state index contributed by atoms with van der Waals surface area (Å²) < 4.78 is 0. The van der Waals surface area contributed by atoms with Crippen molar-refractivity contribution in [3.63, 3.8) is 0 Å². The van der Waals surface area contributed by atoms with Crippen LogP contribution >= 0.6 is 0 Å². The summed E-state index contributed by atoms with van der Waals surface area (Å²) in [5.41, 5.74) is 5.25. The van der Waals surface area contributed by atoms with Crippen molar-refractivity contribution in [2.45, 2.75) is 45.4 Å². The molecule has 88 valence electrons. The largest absolute Gasteiger partial charge is 0.409 e. The van der Waals surface area contributed by atoms with Gasteiger partial charge in [-0.2, -0.15) is 0 Å². The molecule has 5 heteroatoms. The first-order valence-corrected chi connectivity index (χ1v) is 5.43. The second-order valence-corrected chi connectivity index (χ2v) is 3.50. The van der Waals surface area contributed by atoms with E-state index in [1.165, 1.54) is 12.8 Å². The minimum atomic E-state index is 0.0387. The van der Waals surface area contributed by atoms with Crippen molar-refractivity contribution in [3.05, 3.63) is 0 Å². The number of carbonyl (C=O) groups excluding carboxylic acids is 1. The molecule has 0 spiro atoms. The highest BCUT2D eigenvalue weighted by atomic mass is 16.4. The van der Waals surface area contributed by atoms with Crippen LogP contribution < -0.4 is 11.1 Å². The van der Waals surface area contributed by atoms with Crippen LogP contribution in [0.1, 0.15) is 45.4 Å². The fraction of sp³-hybridized carbons (Fsp3) is 0.800. The minimum absolute atomic E-state index is 0.0387. The van der Waals surface area contributed by atoms with E-state index in [-0.39, 0.29) is 11.7 Å². The molecule has 0 aromatic rings. The summed E-state index contributed by atoms with van der Waals surface area (Å²) in [6, 6.07) is 0. The van der Waals surface area contributed by atoms with Gasteiger partial charge in [-0.1, -0.05) is 31.3 Å². The number of rotatable bonds is 8. The van der Waals surface area contributed by atoms with Crippen LogP contribution in [0.25, 0.3) is 0 Å². The molecule has 0 rings (SSSR count). The second-order valence-electron chi connectivity index (χ2n) is 3.50. The second kappa shape index (κ2) is 9.30. The predicted octanol–water partition coefficient (Wildman–Crippen LogP) is 1.21. The van der Waals surface area contributed by atoms with Crippen LogP contribution in [0, 0.1) is 0 Å². The smallest absolute Gasteiger partial charge is 0.220 e. The van der Waals surface area contributed by atoms with Gasteiger partial charge in [-0.25, -0.2) is 0 Å². The third kappa shape index (κ3) is 9.05. The van der Waals surface area contributed by atoms with E-state index >= 15 is 0 Å². The van der Waals surface area contributed by atoms with Gasteiger partial charge in [-0.15, -0.1) is 0 Å². The molecule has 5 nitrogen and oxygen atoms in total. The standard InChI is InChI=1S/C10H21N3O2/c1-2-3-4-5-6-10(14)12-8-7-9(11)13-15/h15H,2-8H2,1H3,(H2,11,13)(H,12,14). The topological polar surface area (TPSA) is 87.7 Å². The molecule has 1 amide bonds. The molecular weight excluding hydrogens is 194 g/mol. The van der Waals surface area contributed by atoms with Crippen molar-refractivity contribution in [3.8, 4) is 0 Å². The van der Waals surface area contributed by atoms with Crippen LogP contribution in [0.4, 0.5) is 0 Å². The SMILES string of the molecule is CCCCCCC(=O)NCCC(N)=NO. The summed E-state index contributed by atoms with van der Waals surface area (Å²) >= 11 is 0. The number of oxime groups is 1. The Morgan fingerprint density at radius 1 is 1.33 bits per heavy atom. The van der Waals surface area contributed by atoms with Gasteiger partial charge >= 0.3 is 0 Å². The highest BCUT2D eigenvalue weighted by Gasteiger charge is 2.00. The highest BCUT2D eigenvalue weighted by Crippen LogP contribution is 2.01. The average molecular weight is 215 g/mol. The molecule has 0 radical (unpaired) electrons. The molecule has 0 saturated heterocycles. The Bertz CT molecular complexity index is 205. The van der Waals surface area contributed by atoms with E-state index in [4.69, 9.17) is 10.9 Å². The Kier molecular flexibility index (Phi) is 8.52. The lowest BCUT2D eigenvalue weighted by Gasteiger charge is -2.03. The van der Waals surface area contributed by atoms with E-state index < -0.39 is 0 Å². The molecule has 0 saturated carbocycles. The number of hydrogen-bond donors (Lipinski definition) is 3. The zero-order valence-corrected chi connectivity index (χ0v) is 9.33. The maximum atomic E-state index is 11.2. The van der Waals surface area contributed by atoms with Crippen molar-refractivity contribution in [1.82, 2.24) is 5.32 Å². The Morgan fingerprint density at radius 3 is 2.67 bits per heavy atom. The van der Waals surface area contributed by atoms with Gasteiger partial charge in [0.1, 0.15) is 5.84 Å². The summed E-state index contributed by atoms with van der Waals surface area (Å²) in [6.07, 6.45) is 5.34. The van der Waals surface area contributed by atoms with Gasteiger partial charge < -0.3 is 16.3 Å². The fourth-order valence-electron chi connectivity index (χ4n) is 1.18. The Balaban J connectivity index is 3.34. The molecule has 0 unspecified atom stereocenters. The van der Waals surface area contributed by atoms with E-state index in [0.717, 1.165) is 12.8 Å². The Labute approximate surface area is 90.7 Å². The minimum Gasteiger partial charge on any atom is -0.409 e. The molecule has 0 aliphatic carbocycles. The summed E-state index contributed by atoms with van der Waals surface area (Å²) in [4.78, 5) is 11.2. The summed E-state index contributed by atoms with van der Waals surface area (Å²) in [6.45, 7) is 2.57. The number of hydrogen-bond acceptors (Lipinski definition) is 3. The van der Waals surface area contributed by atoms with Crippen LogP contribution in [0.5, 0.6) is 0 Å². The van der Waals surface area contributed by atoms with Crippen molar-refractivity contribution < 1.29 is 10.0 Å². The Morgan fingerprint density at radius 2 is 2.07 bits per heavy atom. The predicted molar refractivity (Wildman–Crippen MR) is 59.8 cm³/mol. The molecule has 0 aliphatic heterocycles. The quantitative estimate of drug-likeness (QED) is 0.187. The normalized spacial score (nSPS) is 11.4. The number of amides is 1. The van der Waals surface area contributed by atoms with Gasteiger partial charge in [0.15, 0.2) is 0 Å². The van der Waals surface area contributed by atoms with Gasteiger partial charge in [0.2, 0.25) is 5.91 Å². The first-order chi connectivity index (χ1) is 7.20. The molecular formula is C10H21N3O2. The number of carbonyl (C=O) groups is 1. The molecule has 0 atom stereocenters. The van der Waals surface area contributed by atoms with Crippen molar-refractivity contribution in [2.75, 3.05) is 6.54 Å². The summed E-state index contributed by atoms with van der Waals surface area (Å²) in [5.74, 6) is 0.179. The van der Waals surface area contributed by atoms with Gasteiger partial charge in [-0.3, -0.25) is 4.79 Å². The number of unbranched alkanes of at least 4 members (excludes halogenated alkanes) is 3. The van der Waals surface area contributed by atoms with E-state index in [0.29, 0.717) is 19.4 Å². The van der Waals surface area contributed by atoms with Crippen molar-refractivity contribution >= 4 is 11.7 Å². The molecule has 4 N–H and O–H groups in total. The highest BCUT2D eigenvalue weighted by molar-refractivity contribution is 5.81. The summed E-state index contributed by atoms with van der Waals surface area (Å²) in [7, 11) is 0. The van der Waals surface area contributed by atoms with Crippen LogP contribution in [0.3, 0.4) is 0 Å². The van der Waals surface area contributed by atoms with E-state index in [2.05, 4.69) is 17.4 Å². The fourth-order valence-corrected chi connectivity index (χ4v) is 1.18. The zero-order chi connectivity index (χ0) is 11.5. The molecule has 0 fully saturated rings. The van der Waals surface area contributed by atoms with Crippen molar-refractivity contribution in [2.24, 2.45) is 10.9 Å². The molecule has 0 aromatic carbocycles. The van der Waals surface area contributed by atoms with Crippen LogP contribution in [-0.4, -0.2) is 23.5 Å². The summed E-state index contributed by atoms with van der Waals surface area (Å²) in [5, 5.41) is 13.8. The molecule has 0 aliphatic rings. The number of amidine groups is 1. The number of nitrogens with two attached hydrogens (primary N) is 1. The van der Waals surface area contributed by atoms with Gasteiger partial charge in [0, 0.05) is 19.4 Å². The molecule has 0 heterocycles.